The highest BCUT2D eigenvalue weighted by molar-refractivity contribution is 9.10. The minimum absolute atomic E-state index is 0.192. The number of aromatic amines is 1. The molecule has 0 aliphatic rings. The SMILES string of the molecule is Cc1cc(-c2n[nH]c(C)c2Br)ccc1F. The molecule has 0 saturated heterocycles. The van der Waals surface area contributed by atoms with Gasteiger partial charge in [-0.2, -0.15) is 5.10 Å². The molecule has 0 radical (unpaired) electrons. The van der Waals surface area contributed by atoms with E-state index in [1.165, 1.54) is 6.07 Å². The van der Waals surface area contributed by atoms with Gasteiger partial charge in [-0.15, -0.1) is 0 Å². The molecular weight excluding hydrogens is 259 g/mol. The van der Waals surface area contributed by atoms with Gasteiger partial charge in [-0.25, -0.2) is 4.39 Å². The third-order valence-electron chi connectivity index (χ3n) is 2.30. The second kappa shape index (κ2) is 3.77. The van der Waals surface area contributed by atoms with E-state index in [-0.39, 0.29) is 5.82 Å². The van der Waals surface area contributed by atoms with Crippen LogP contribution in [-0.4, -0.2) is 10.2 Å². The summed E-state index contributed by atoms with van der Waals surface area (Å²) in [4.78, 5) is 0. The lowest BCUT2D eigenvalue weighted by Crippen LogP contribution is -1.85. The van der Waals surface area contributed by atoms with Gasteiger partial charge in [-0.1, -0.05) is 0 Å². The van der Waals surface area contributed by atoms with E-state index in [4.69, 9.17) is 0 Å². The number of H-pyrrole nitrogens is 1. The molecule has 0 spiro atoms. The second-order valence-electron chi connectivity index (χ2n) is 3.48. The summed E-state index contributed by atoms with van der Waals surface area (Å²) in [5, 5.41) is 7.04. The minimum atomic E-state index is -0.192. The number of benzene rings is 1. The van der Waals surface area contributed by atoms with Crippen LogP contribution in [0.5, 0.6) is 0 Å². The van der Waals surface area contributed by atoms with Crippen molar-refractivity contribution in [3.63, 3.8) is 0 Å². The number of aryl methyl sites for hydroxylation is 2. The van der Waals surface area contributed by atoms with Crippen LogP contribution < -0.4 is 0 Å². The van der Waals surface area contributed by atoms with Crippen LogP contribution in [0.15, 0.2) is 22.7 Å². The van der Waals surface area contributed by atoms with Crippen LogP contribution in [0.25, 0.3) is 11.3 Å². The fraction of sp³-hybridized carbons (Fsp3) is 0.182. The van der Waals surface area contributed by atoms with Gasteiger partial charge in [0.15, 0.2) is 0 Å². The molecule has 2 nitrogen and oxygen atoms in total. The molecule has 2 rings (SSSR count). The Kier molecular flexibility index (Phi) is 2.61. The molecule has 1 aromatic carbocycles. The molecule has 1 aromatic heterocycles. The summed E-state index contributed by atoms with van der Waals surface area (Å²) >= 11 is 3.44. The molecule has 1 heterocycles. The number of rotatable bonds is 1. The molecule has 0 unspecified atom stereocenters. The highest BCUT2D eigenvalue weighted by atomic mass is 79.9. The molecule has 2 aromatic rings. The van der Waals surface area contributed by atoms with Crippen molar-refractivity contribution in [2.24, 2.45) is 0 Å². The van der Waals surface area contributed by atoms with Crippen molar-refractivity contribution in [1.29, 1.82) is 0 Å². The molecule has 0 aliphatic carbocycles. The average molecular weight is 269 g/mol. The molecule has 1 N–H and O–H groups in total. The van der Waals surface area contributed by atoms with E-state index in [0.29, 0.717) is 5.56 Å². The van der Waals surface area contributed by atoms with Gasteiger partial charge in [0.05, 0.1) is 4.47 Å². The summed E-state index contributed by atoms with van der Waals surface area (Å²) in [6.45, 7) is 3.67. The minimum Gasteiger partial charge on any atom is -0.281 e. The maximum absolute atomic E-state index is 13.1. The van der Waals surface area contributed by atoms with E-state index in [1.54, 1.807) is 19.1 Å². The molecule has 0 bridgehead atoms. The van der Waals surface area contributed by atoms with Crippen LogP contribution in [0.3, 0.4) is 0 Å². The van der Waals surface area contributed by atoms with E-state index in [1.807, 2.05) is 6.92 Å². The van der Waals surface area contributed by atoms with Crippen LogP contribution in [0, 0.1) is 19.7 Å². The Labute approximate surface area is 95.6 Å². The first kappa shape index (κ1) is 10.4. The summed E-state index contributed by atoms with van der Waals surface area (Å²) in [5.41, 5.74) is 3.31. The van der Waals surface area contributed by atoms with E-state index >= 15 is 0 Å². The number of hydrogen-bond donors (Lipinski definition) is 1. The highest BCUT2D eigenvalue weighted by Crippen LogP contribution is 2.29. The van der Waals surface area contributed by atoms with Crippen LogP contribution in [0.2, 0.25) is 0 Å². The second-order valence-corrected chi connectivity index (χ2v) is 4.27. The van der Waals surface area contributed by atoms with Gasteiger partial charge >= 0.3 is 0 Å². The molecule has 0 aliphatic heterocycles. The molecule has 4 heteroatoms. The smallest absolute Gasteiger partial charge is 0.126 e. The van der Waals surface area contributed by atoms with Crippen molar-refractivity contribution in [2.75, 3.05) is 0 Å². The van der Waals surface area contributed by atoms with Crippen LogP contribution in [0.4, 0.5) is 4.39 Å². The number of halogens is 2. The zero-order chi connectivity index (χ0) is 11.0. The first-order chi connectivity index (χ1) is 7.09. The van der Waals surface area contributed by atoms with Crippen molar-refractivity contribution in [3.8, 4) is 11.3 Å². The third-order valence-corrected chi connectivity index (χ3v) is 3.27. The van der Waals surface area contributed by atoms with Gasteiger partial charge in [0, 0.05) is 11.3 Å². The number of aromatic nitrogens is 2. The molecular formula is C11H10BrFN2. The normalized spacial score (nSPS) is 10.7. The molecule has 15 heavy (non-hydrogen) atoms. The summed E-state index contributed by atoms with van der Waals surface area (Å²) in [6, 6.07) is 4.97. The first-order valence-corrected chi connectivity index (χ1v) is 5.36. The van der Waals surface area contributed by atoms with Crippen LogP contribution in [0.1, 0.15) is 11.3 Å². The predicted molar refractivity (Wildman–Crippen MR) is 61.2 cm³/mol. The lowest BCUT2D eigenvalue weighted by Gasteiger charge is -2.00. The standard InChI is InChI=1S/C11H10BrFN2/c1-6-5-8(3-4-9(6)13)11-10(12)7(2)14-15-11/h3-5H,1-2H3,(H,14,15). The summed E-state index contributed by atoms with van der Waals surface area (Å²) in [6.07, 6.45) is 0. The Bertz CT molecular complexity index is 505. The van der Waals surface area contributed by atoms with Crippen molar-refractivity contribution in [2.45, 2.75) is 13.8 Å². The lowest BCUT2D eigenvalue weighted by atomic mass is 10.1. The largest absolute Gasteiger partial charge is 0.281 e. The molecule has 78 valence electrons. The topological polar surface area (TPSA) is 28.7 Å². The van der Waals surface area contributed by atoms with Gasteiger partial charge in [-0.3, -0.25) is 5.10 Å². The first-order valence-electron chi connectivity index (χ1n) is 4.56. The Morgan fingerprint density at radius 1 is 1.33 bits per heavy atom. The monoisotopic (exact) mass is 268 g/mol. The maximum Gasteiger partial charge on any atom is 0.126 e. The number of nitrogens with zero attached hydrogens (tertiary/aromatic N) is 1. The zero-order valence-electron chi connectivity index (χ0n) is 8.44. The number of nitrogens with one attached hydrogen (secondary N) is 1. The fourth-order valence-corrected chi connectivity index (χ4v) is 1.81. The van der Waals surface area contributed by atoms with Crippen molar-refractivity contribution >= 4 is 15.9 Å². The zero-order valence-corrected chi connectivity index (χ0v) is 10.0. The van der Waals surface area contributed by atoms with Gasteiger partial charge < -0.3 is 0 Å². The maximum atomic E-state index is 13.1. The van der Waals surface area contributed by atoms with Gasteiger partial charge in [0.25, 0.3) is 0 Å². The van der Waals surface area contributed by atoms with Crippen LogP contribution in [-0.2, 0) is 0 Å². The van der Waals surface area contributed by atoms with E-state index in [0.717, 1.165) is 21.4 Å². The molecule has 0 atom stereocenters. The molecule has 0 fully saturated rings. The van der Waals surface area contributed by atoms with Crippen molar-refractivity contribution in [3.05, 3.63) is 39.7 Å². The molecule has 0 saturated carbocycles. The van der Waals surface area contributed by atoms with Crippen molar-refractivity contribution in [1.82, 2.24) is 10.2 Å². The van der Waals surface area contributed by atoms with E-state index < -0.39 is 0 Å². The summed E-state index contributed by atoms with van der Waals surface area (Å²) in [5.74, 6) is -0.192. The van der Waals surface area contributed by atoms with Gasteiger partial charge in [-0.05, 0) is 53.5 Å². The Morgan fingerprint density at radius 2 is 2.07 bits per heavy atom. The summed E-state index contributed by atoms with van der Waals surface area (Å²) < 4.78 is 14.0. The third kappa shape index (κ3) is 1.81. The van der Waals surface area contributed by atoms with E-state index in [2.05, 4.69) is 26.1 Å². The Morgan fingerprint density at radius 3 is 2.60 bits per heavy atom. The molecule has 0 amide bonds. The van der Waals surface area contributed by atoms with Crippen LogP contribution >= 0.6 is 15.9 Å². The van der Waals surface area contributed by atoms with Gasteiger partial charge in [0.2, 0.25) is 0 Å². The highest BCUT2D eigenvalue weighted by Gasteiger charge is 2.10. The fourth-order valence-electron chi connectivity index (χ4n) is 1.40. The van der Waals surface area contributed by atoms with Crippen molar-refractivity contribution < 1.29 is 4.39 Å². The average Bonchev–Trinajstić information content (AvgIpc) is 2.53. The Balaban J connectivity index is 2.55. The lowest BCUT2D eigenvalue weighted by molar-refractivity contribution is 0.619. The predicted octanol–water partition coefficient (Wildman–Crippen LogP) is 3.60. The van der Waals surface area contributed by atoms with Gasteiger partial charge in [0.1, 0.15) is 11.5 Å². The van der Waals surface area contributed by atoms with E-state index in [9.17, 15) is 4.39 Å². The summed E-state index contributed by atoms with van der Waals surface area (Å²) in [7, 11) is 0. The number of hydrogen-bond acceptors (Lipinski definition) is 1. The Hall–Kier alpha value is -1.16. The quantitative estimate of drug-likeness (QED) is 0.841.